The molecular formula is C15H21N3O. The van der Waals surface area contributed by atoms with E-state index in [-0.39, 0.29) is 6.61 Å². The first kappa shape index (κ1) is 13.6. The number of hydrogen-bond acceptors (Lipinski definition) is 4. The monoisotopic (exact) mass is 259 g/mol. The third-order valence-electron chi connectivity index (χ3n) is 3.50. The van der Waals surface area contributed by atoms with Gasteiger partial charge in [-0.05, 0) is 24.5 Å². The molecule has 4 heteroatoms. The van der Waals surface area contributed by atoms with Crippen molar-refractivity contribution in [3.8, 4) is 0 Å². The smallest absolute Gasteiger partial charge is 0.0951 e. The summed E-state index contributed by atoms with van der Waals surface area (Å²) in [4.78, 5) is 4.32. The molecule has 1 atom stereocenters. The zero-order chi connectivity index (χ0) is 13.7. The molecule has 0 aliphatic rings. The van der Waals surface area contributed by atoms with Crippen molar-refractivity contribution in [1.82, 2.24) is 4.98 Å². The third-order valence-corrected chi connectivity index (χ3v) is 3.50. The summed E-state index contributed by atoms with van der Waals surface area (Å²) in [7, 11) is 0. The molecule has 102 valence electrons. The van der Waals surface area contributed by atoms with Crippen molar-refractivity contribution < 1.29 is 5.11 Å². The number of nitrogens with two attached hydrogens (primary N) is 1. The minimum atomic E-state index is 0.240. The highest BCUT2D eigenvalue weighted by Gasteiger charge is 2.08. The van der Waals surface area contributed by atoms with Crippen molar-refractivity contribution in [2.45, 2.75) is 19.8 Å². The van der Waals surface area contributed by atoms with Gasteiger partial charge in [0.1, 0.15) is 0 Å². The van der Waals surface area contributed by atoms with Crippen molar-refractivity contribution in [1.29, 1.82) is 0 Å². The van der Waals surface area contributed by atoms with Crippen LogP contribution >= 0.6 is 0 Å². The first-order valence-electron chi connectivity index (χ1n) is 6.74. The molecule has 1 aromatic carbocycles. The average Bonchev–Trinajstić information content (AvgIpc) is 2.44. The molecule has 0 bridgehead atoms. The van der Waals surface area contributed by atoms with Gasteiger partial charge in [0, 0.05) is 30.4 Å². The number of anilines is 2. The summed E-state index contributed by atoms with van der Waals surface area (Å²) in [5, 5.41) is 13.5. The Labute approximate surface area is 113 Å². The third kappa shape index (κ3) is 3.15. The number of aliphatic hydroxyl groups is 1. The summed E-state index contributed by atoms with van der Waals surface area (Å²) < 4.78 is 0. The number of fused-ring (bicyclic) bond motifs is 1. The lowest BCUT2D eigenvalue weighted by atomic mass is 10.0. The van der Waals surface area contributed by atoms with Gasteiger partial charge in [0.15, 0.2) is 0 Å². The highest BCUT2D eigenvalue weighted by molar-refractivity contribution is 5.97. The van der Waals surface area contributed by atoms with E-state index in [4.69, 9.17) is 10.8 Å². The predicted molar refractivity (Wildman–Crippen MR) is 80.1 cm³/mol. The zero-order valence-electron chi connectivity index (χ0n) is 11.3. The molecule has 19 heavy (non-hydrogen) atoms. The Bertz CT molecular complexity index is 542. The second-order valence-corrected chi connectivity index (χ2v) is 4.77. The summed E-state index contributed by atoms with van der Waals surface area (Å²) in [5.74, 6) is 0.481. The van der Waals surface area contributed by atoms with E-state index in [1.54, 1.807) is 6.20 Å². The summed E-state index contributed by atoms with van der Waals surface area (Å²) >= 11 is 0. The fraction of sp³-hybridized carbons (Fsp3) is 0.400. The van der Waals surface area contributed by atoms with Crippen LogP contribution in [0.15, 0.2) is 30.5 Å². The number of aliphatic hydroxyl groups excluding tert-OH is 1. The molecule has 4 N–H and O–H groups in total. The summed E-state index contributed by atoms with van der Waals surface area (Å²) in [5.41, 5.74) is 8.51. The van der Waals surface area contributed by atoms with Gasteiger partial charge in [-0.15, -0.1) is 0 Å². The lowest BCUT2D eigenvalue weighted by Crippen LogP contribution is -2.15. The van der Waals surface area contributed by atoms with Crippen LogP contribution in [-0.2, 0) is 0 Å². The molecule has 1 aromatic heterocycles. The van der Waals surface area contributed by atoms with Gasteiger partial charge in [-0.3, -0.25) is 4.98 Å². The van der Waals surface area contributed by atoms with Crippen LogP contribution < -0.4 is 11.1 Å². The molecule has 2 rings (SSSR count). The van der Waals surface area contributed by atoms with Crippen molar-refractivity contribution in [3.63, 3.8) is 0 Å². The number of rotatable bonds is 6. The number of hydrogen-bond donors (Lipinski definition) is 3. The molecule has 2 aromatic rings. The molecular weight excluding hydrogens is 238 g/mol. The van der Waals surface area contributed by atoms with Crippen LogP contribution in [0.5, 0.6) is 0 Å². The highest BCUT2D eigenvalue weighted by atomic mass is 16.3. The molecule has 0 aliphatic carbocycles. The van der Waals surface area contributed by atoms with E-state index in [2.05, 4.69) is 17.2 Å². The van der Waals surface area contributed by atoms with E-state index in [0.717, 1.165) is 36.0 Å². The first-order valence-corrected chi connectivity index (χ1v) is 6.74. The van der Waals surface area contributed by atoms with Crippen molar-refractivity contribution >= 4 is 22.3 Å². The van der Waals surface area contributed by atoms with Crippen LogP contribution in [0.4, 0.5) is 11.4 Å². The summed E-state index contributed by atoms with van der Waals surface area (Å²) in [6, 6.07) is 7.79. The maximum atomic E-state index is 9.02. The molecule has 0 aliphatic heterocycles. The zero-order valence-corrected chi connectivity index (χ0v) is 11.3. The minimum absolute atomic E-state index is 0.240. The maximum absolute atomic E-state index is 9.02. The van der Waals surface area contributed by atoms with Gasteiger partial charge in [-0.1, -0.05) is 25.5 Å². The second-order valence-electron chi connectivity index (χ2n) is 4.77. The number of nitrogen functional groups attached to an aromatic ring is 1. The van der Waals surface area contributed by atoms with Gasteiger partial charge in [0.2, 0.25) is 0 Å². The van der Waals surface area contributed by atoms with E-state index < -0.39 is 0 Å². The van der Waals surface area contributed by atoms with Gasteiger partial charge in [0.25, 0.3) is 0 Å². The van der Waals surface area contributed by atoms with Gasteiger partial charge in [0.05, 0.1) is 11.2 Å². The molecule has 0 saturated heterocycles. The van der Waals surface area contributed by atoms with Gasteiger partial charge >= 0.3 is 0 Å². The number of nitrogens with one attached hydrogen (secondary N) is 1. The molecule has 0 radical (unpaired) electrons. The molecule has 0 saturated carbocycles. The Kier molecular flexibility index (Phi) is 4.58. The quantitative estimate of drug-likeness (QED) is 0.697. The van der Waals surface area contributed by atoms with Crippen LogP contribution in [-0.4, -0.2) is 23.2 Å². The first-order chi connectivity index (χ1) is 9.26. The topological polar surface area (TPSA) is 71.2 Å². The Hall–Kier alpha value is -1.81. The predicted octanol–water partition coefficient (Wildman–Crippen LogP) is 2.64. The lowest BCUT2D eigenvalue weighted by Gasteiger charge is -2.16. The van der Waals surface area contributed by atoms with E-state index in [9.17, 15) is 0 Å². The van der Waals surface area contributed by atoms with E-state index in [0.29, 0.717) is 11.6 Å². The molecule has 4 nitrogen and oxygen atoms in total. The van der Waals surface area contributed by atoms with Crippen LogP contribution in [0.1, 0.15) is 19.8 Å². The van der Waals surface area contributed by atoms with Gasteiger partial charge in [-0.2, -0.15) is 0 Å². The van der Waals surface area contributed by atoms with Gasteiger partial charge < -0.3 is 16.2 Å². The number of aromatic nitrogens is 1. The number of pyridine rings is 1. The lowest BCUT2D eigenvalue weighted by molar-refractivity contribution is 0.258. The second kappa shape index (κ2) is 6.38. The summed E-state index contributed by atoms with van der Waals surface area (Å²) in [6.45, 7) is 3.24. The van der Waals surface area contributed by atoms with E-state index >= 15 is 0 Å². The molecule has 0 amide bonds. The Morgan fingerprint density at radius 1 is 1.37 bits per heavy atom. The van der Waals surface area contributed by atoms with Crippen LogP contribution in [0.3, 0.4) is 0 Å². The standard InChI is InChI=1S/C15H21N3O/c1-2-11(7-9-19)10-18-14-6-8-17-15-12(14)4-3-5-13(15)16/h3-6,8,11,19H,2,7,9-10,16H2,1H3,(H,17,18). The van der Waals surface area contributed by atoms with Crippen molar-refractivity contribution in [2.75, 3.05) is 24.2 Å². The minimum Gasteiger partial charge on any atom is -0.397 e. The largest absolute Gasteiger partial charge is 0.397 e. The molecule has 0 spiro atoms. The highest BCUT2D eigenvalue weighted by Crippen LogP contribution is 2.25. The van der Waals surface area contributed by atoms with Crippen LogP contribution in [0.2, 0.25) is 0 Å². The summed E-state index contributed by atoms with van der Waals surface area (Å²) in [6.07, 6.45) is 3.65. The average molecular weight is 259 g/mol. The van der Waals surface area contributed by atoms with Crippen molar-refractivity contribution in [2.24, 2.45) is 5.92 Å². The Morgan fingerprint density at radius 3 is 2.95 bits per heavy atom. The van der Waals surface area contributed by atoms with Gasteiger partial charge in [-0.25, -0.2) is 0 Å². The van der Waals surface area contributed by atoms with Crippen LogP contribution in [0.25, 0.3) is 10.9 Å². The molecule has 1 unspecified atom stereocenters. The number of benzene rings is 1. The molecule has 1 heterocycles. The Balaban J connectivity index is 2.19. The fourth-order valence-corrected chi connectivity index (χ4v) is 2.24. The molecule has 0 fully saturated rings. The normalized spacial score (nSPS) is 12.5. The van der Waals surface area contributed by atoms with Crippen molar-refractivity contribution in [3.05, 3.63) is 30.5 Å². The number of nitrogens with zero attached hydrogens (tertiary/aromatic N) is 1. The SMILES string of the molecule is CCC(CCO)CNc1ccnc2c(N)cccc12. The fourth-order valence-electron chi connectivity index (χ4n) is 2.24. The Morgan fingerprint density at radius 2 is 2.21 bits per heavy atom. The number of para-hydroxylation sites is 1. The van der Waals surface area contributed by atoms with E-state index in [1.165, 1.54) is 0 Å². The van der Waals surface area contributed by atoms with Crippen LogP contribution in [0, 0.1) is 5.92 Å². The maximum Gasteiger partial charge on any atom is 0.0951 e. The van der Waals surface area contributed by atoms with E-state index in [1.807, 2.05) is 24.3 Å².